The second-order valence-corrected chi connectivity index (χ2v) is 4.11. The van der Waals surface area contributed by atoms with Gasteiger partial charge in [-0.25, -0.2) is 0 Å². The molecule has 1 aliphatic rings. The minimum absolute atomic E-state index is 0.312. The van der Waals surface area contributed by atoms with E-state index in [2.05, 4.69) is 6.58 Å². The van der Waals surface area contributed by atoms with Gasteiger partial charge in [0.05, 0.1) is 6.10 Å². The first-order valence-electron chi connectivity index (χ1n) is 5.94. The Kier molecular flexibility index (Phi) is 5.47. The van der Waals surface area contributed by atoms with Crippen LogP contribution in [-0.2, 0) is 14.3 Å². The zero-order valence-corrected chi connectivity index (χ0v) is 10.9. The molecule has 4 nitrogen and oxygen atoms in total. The van der Waals surface area contributed by atoms with Crippen LogP contribution in [0, 0.1) is 0 Å². The molecule has 0 saturated carbocycles. The Morgan fingerprint density at radius 1 is 1.50 bits per heavy atom. The van der Waals surface area contributed by atoms with E-state index in [1.54, 1.807) is 18.2 Å². The highest BCUT2D eigenvalue weighted by molar-refractivity contribution is 6.00. The summed E-state index contributed by atoms with van der Waals surface area (Å²) in [6.45, 7) is 3.63. The van der Waals surface area contributed by atoms with E-state index in [0.717, 1.165) is 12.8 Å². The second kappa shape index (κ2) is 6.64. The fourth-order valence-electron chi connectivity index (χ4n) is 2.06. The van der Waals surface area contributed by atoms with Crippen LogP contribution >= 0.6 is 0 Å². The molecule has 0 fully saturated rings. The lowest BCUT2D eigenvalue weighted by Gasteiger charge is -2.34. The van der Waals surface area contributed by atoms with E-state index < -0.39 is 11.9 Å². The standard InChI is InChI=1S/C14H20O4/c1-4-5-6-9-12(15)11-8-7-10-13(16)14(11,17-2)18-3/h4,7-8,10,12,15H,1,5-6,9H2,2-3H3/t12-/m1/s1. The van der Waals surface area contributed by atoms with E-state index in [0.29, 0.717) is 12.0 Å². The molecule has 4 heteroatoms. The SMILES string of the molecule is C=CCCC[C@@H](O)C1=CC=CC(=O)C1(OC)OC. The second-order valence-electron chi connectivity index (χ2n) is 4.11. The summed E-state index contributed by atoms with van der Waals surface area (Å²) in [4.78, 5) is 11.9. The van der Waals surface area contributed by atoms with Crippen LogP contribution in [0.4, 0.5) is 0 Å². The zero-order chi connectivity index (χ0) is 13.6. The van der Waals surface area contributed by atoms with Crippen molar-refractivity contribution in [1.82, 2.24) is 0 Å². The Morgan fingerprint density at radius 3 is 2.72 bits per heavy atom. The number of aliphatic hydroxyl groups excluding tert-OH is 1. The van der Waals surface area contributed by atoms with E-state index in [-0.39, 0.29) is 5.78 Å². The number of hydrogen-bond donors (Lipinski definition) is 1. The van der Waals surface area contributed by atoms with Gasteiger partial charge in [0.1, 0.15) is 0 Å². The van der Waals surface area contributed by atoms with Gasteiger partial charge >= 0.3 is 0 Å². The average Bonchev–Trinajstić information content (AvgIpc) is 2.39. The Morgan fingerprint density at radius 2 is 2.17 bits per heavy atom. The average molecular weight is 252 g/mol. The predicted octanol–water partition coefficient (Wildman–Crippen LogP) is 1.76. The number of carbonyl (C=O) groups excluding carboxylic acids is 1. The molecule has 1 atom stereocenters. The molecule has 0 aromatic rings. The van der Waals surface area contributed by atoms with Gasteiger partial charge in [-0.1, -0.05) is 18.2 Å². The smallest absolute Gasteiger partial charge is 0.258 e. The number of rotatable bonds is 7. The van der Waals surface area contributed by atoms with Crippen molar-refractivity contribution in [3.8, 4) is 0 Å². The number of methoxy groups -OCH3 is 2. The van der Waals surface area contributed by atoms with Crippen molar-refractivity contribution in [2.75, 3.05) is 14.2 Å². The third-order valence-electron chi connectivity index (χ3n) is 3.05. The molecule has 0 unspecified atom stereocenters. The van der Waals surface area contributed by atoms with Crippen LogP contribution in [0.25, 0.3) is 0 Å². The van der Waals surface area contributed by atoms with Crippen molar-refractivity contribution >= 4 is 5.78 Å². The first-order chi connectivity index (χ1) is 8.62. The van der Waals surface area contributed by atoms with Gasteiger partial charge in [-0.3, -0.25) is 4.79 Å². The van der Waals surface area contributed by atoms with Gasteiger partial charge in [0.25, 0.3) is 5.79 Å². The highest BCUT2D eigenvalue weighted by Gasteiger charge is 2.45. The molecule has 1 N–H and O–H groups in total. The zero-order valence-electron chi connectivity index (χ0n) is 10.9. The normalized spacial score (nSPS) is 19.5. The first kappa shape index (κ1) is 14.8. The van der Waals surface area contributed by atoms with Crippen LogP contribution in [0.1, 0.15) is 19.3 Å². The summed E-state index contributed by atoms with van der Waals surface area (Å²) in [6, 6.07) is 0. The molecular weight excluding hydrogens is 232 g/mol. The maximum atomic E-state index is 11.9. The van der Waals surface area contributed by atoms with Crippen LogP contribution in [-0.4, -0.2) is 37.0 Å². The maximum Gasteiger partial charge on any atom is 0.258 e. The van der Waals surface area contributed by atoms with Crippen molar-refractivity contribution in [2.24, 2.45) is 0 Å². The van der Waals surface area contributed by atoms with Gasteiger partial charge in [0.15, 0.2) is 0 Å². The van der Waals surface area contributed by atoms with Crippen molar-refractivity contribution in [2.45, 2.75) is 31.2 Å². The highest BCUT2D eigenvalue weighted by atomic mass is 16.7. The molecule has 1 aliphatic carbocycles. The summed E-state index contributed by atoms with van der Waals surface area (Å²) in [5, 5.41) is 10.2. The van der Waals surface area contributed by atoms with E-state index in [1.165, 1.54) is 20.3 Å². The number of ether oxygens (including phenoxy) is 2. The van der Waals surface area contributed by atoms with E-state index in [9.17, 15) is 9.90 Å². The Hall–Kier alpha value is -1.23. The van der Waals surface area contributed by atoms with Gasteiger partial charge in [0, 0.05) is 19.8 Å². The quantitative estimate of drug-likeness (QED) is 0.426. The number of aliphatic hydroxyl groups is 1. The van der Waals surface area contributed by atoms with Crippen LogP contribution in [0.5, 0.6) is 0 Å². The van der Waals surface area contributed by atoms with Crippen molar-refractivity contribution in [3.63, 3.8) is 0 Å². The van der Waals surface area contributed by atoms with E-state index in [4.69, 9.17) is 9.47 Å². The van der Waals surface area contributed by atoms with Gasteiger partial charge in [-0.15, -0.1) is 6.58 Å². The van der Waals surface area contributed by atoms with Crippen molar-refractivity contribution in [1.29, 1.82) is 0 Å². The molecule has 0 bridgehead atoms. The number of hydrogen-bond acceptors (Lipinski definition) is 4. The molecule has 0 aromatic heterocycles. The summed E-state index contributed by atoms with van der Waals surface area (Å²) in [5.74, 6) is -1.80. The Balaban J connectivity index is 2.88. The lowest BCUT2D eigenvalue weighted by Crippen LogP contribution is -2.48. The molecule has 0 aromatic carbocycles. The summed E-state index contributed by atoms with van der Waals surface area (Å²) >= 11 is 0. The fraction of sp³-hybridized carbons (Fsp3) is 0.500. The summed E-state index contributed by atoms with van der Waals surface area (Å²) in [5.41, 5.74) is 0.448. The summed E-state index contributed by atoms with van der Waals surface area (Å²) in [6.07, 6.45) is 7.84. The van der Waals surface area contributed by atoms with E-state index >= 15 is 0 Å². The van der Waals surface area contributed by atoms with Crippen LogP contribution in [0.2, 0.25) is 0 Å². The molecular formula is C14H20O4. The fourth-order valence-corrected chi connectivity index (χ4v) is 2.06. The number of allylic oxidation sites excluding steroid dienone is 3. The Bertz CT molecular complexity index is 364. The number of carbonyl (C=O) groups is 1. The number of unbranched alkanes of at least 4 members (excludes halogenated alkanes) is 1. The van der Waals surface area contributed by atoms with Gasteiger partial charge in [-0.05, 0) is 25.3 Å². The monoisotopic (exact) mass is 252 g/mol. The third-order valence-corrected chi connectivity index (χ3v) is 3.05. The third kappa shape index (κ3) is 2.77. The molecule has 0 aliphatic heterocycles. The predicted molar refractivity (Wildman–Crippen MR) is 69.0 cm³/mol. The molecule has 0 saturated heterocycles. The van der Waals surface area contributed by atoms with Crippen molar-refractivity contribution < 1.29 is 19.4 Å². The maximum absolute atomic E-state index is 11.9. The molecule has 0 spiro atoms. The molecule has 18 heavy (non-hydrogen) atoms. The summed E-state index contributed by atoms with van der Waals surface area (Å²) < 4.78 is 10.4. The number of ketones is 1. The minimum atomic E-state index is -1.48. The molecule has 1 rings (SSSR count). The van der Waals surface area contributed by atoms with Gasteiger partial charge < -0.3 is 14.6 Å². The van der Waals surface area contributed by atoms with Gasteiger partial charge in [-0.2, -0.15) is 0 Å². The Labute approximate surface area is 108 Å². The lowest BCUT2D eigenvalue weighted by atomic mass is 9.89. The molecule has 0 radical (unpaired) electrons. The molecule has 0 heterocycles. The van der Waals surface area contributed by atoms with E-state index in [1.807, 2.05) is 0 Å². The largest absolute Gasteiger partial charge is 0.389 e. The van der Waals surface area contributed by atoms with Crippen LogP contribution < -0.4 is 0 Å². The van der Waals surface area contributed by atoms with Gasteiger partial charge in [0.2, 0.25) is 5.78 Å². The highest BCUT2D eigenvalue weighted by Crippen LogP contribution is 2.31. The molecule has 100 valence electrons. The topological polar surface area (TPSA) is 55.8 Å². The molecule has 0 amide bonds. The van der Waals surface area contributed by atoms with Crippen LogP contribution in [0.15, 0.2) is 36.5 Å². The van der Waals surface area contributed by atoms with Crippen LogP contribution in [0.3, 0.4) is 0 Å². The lowest BCUT2D eigenvalue weighted by molar-refractivity contribution is -0.190. The minimum Gasteiger partial charge on any atom is -0.389 e. The first-order valence-corrected chi connectivity index (χ1v) is 5.94. The summed E-state index contributed by atoms with van der Waals surface area (Å²) in [7, 11) is 2.79. The van der Waals surface area contributed by atoms with Crippen molar-refractivity contribution in [3.05, 3.63) is 36.5 Å².